The molecule has 80 valence electrons. The van der Waals surface area contributed by atoms with E-state index in [0.717, 1.165) is 18.4 Å². The van der Waals surface area contributed by atoms with Crippen molar-refractivity contribution in [3.05, 3.63) is 0 Å². The van der Waals surface area contributed by atoms with Gasteiger partial charge in [-0.2, -0.15) is 0 Å². The molecule has 0 spiro atoms. The normalized spacial score (nSPS) is 33.1. The van der Waals surface area contributed by atoms with Crippen LogP contribution in [0.4, 0.5) is 0 Å². The third-order valence-electron chi connectivity index (χ3n) is 3.84. The highest BCUT2D eigenvalue weighted by atomic mass is 14.8. The summed E-state index contributed by atoms with van der Waals surface area (Å²) in [5, 5.41) is 0. The monoisotopic (exact) mass is 193 g/mol. The summed E-state index contributed by atoms with van der Waals surface area (Å²) in [5.41, 5.74) is 1.58. The Morgan fingerprint density at radius 2 is 2.14 bits per heavy atom. The second-order valence-electron chi connectivity index (χ2n) is 5.01. The van der Waals surface area contributed by atoms with Gasteiger partial charge < -0.3 is 0 Å². The molecule has 1 nitrogen and oxygen atoms in total. The third-order valence-corrected chi connectivity index (χ3v) is 3.84. The number of rotatable bonds is 5. The van der Waals surface area contributed by atoms with Crippen molar-refractivity contribution in [3.63, 3.8) is 0 Å². The summed E-state index contributed by atoms with van der Waals surface area (Å²) >= 11 is 0. The number of fused-ring (bicyclic) bond motifs is 2. The van der Waals surface area contributed by atoms with E-state index in [9.17, 15) is 0 Å². The maximum absolute atomic E-state index is 4.79. The van der Waals surface area contributed by atoms with Crippen molar-refractivity contribution >= 4 is 5.71 Å². The largest absolute Gasteiger partial charge is 0.294 e. The Labute approximate surface area is 88.0 Å². The van der Waals surface area contributed by atoms with Crippen LogP contribution in [0.15, 0.2) is 4.99 Å². The summed E-state index contributed by atoms with van der Waals surface area (Å²) in [5.74, 6) is 1.93. The number of hydrogen-bond donors (Lipinski definition) is 0. The average molecular weight is 193 g/mol. The lowest BCUT2D eigenvalue weighted by molar-refractivity contribution is 0.590. The van der Waals surface area contributed by atoms with Crippen molar-refractivity contribution < 1.29 is 0 Å². The summed E-state index contributed by atoms with van der Waals surface area (Å²) in [7, 11) is 0. The zero-order chi connectivity index (χ0) is 9.80. The van der Waals surface area contributed by atoms with Gasteiger partial charge in [0.15, 0.2) is 0 Å². The van der Waals surface area contributed by atoms with Crippen LogP contribution in [0.5, 0.6) is 0 Å². The molecular formula is C13H23N. The van der Waals surface area contributed by atoms with E-state index in [1.807, 2.05) is 0 Å². The summed E-state index contributed by atoms with van der Waals surface area (Å²) in [6, 6.07) is 0. The van der Waals surface area contributed by atoms with Crippen LogP contribution in [0.2, 0.25) is 0 Å². The molecule has 2 saturated carbocycles. The van der Waals surface area contributed by atoms with Gasteiger partial charge in [0.05, 0.1) is 0 Å². The number of unbranched alkanes of at least 4 members (excludes halogenated alkanes) is 3. The lowest BCUT2D eigenvalue weighted by atomic mass is 9.98. The van der Waals surface area contributed by atoms with Gasteiger partial charge in [-0.25, -0.2) is 0 Å². The fourth-order valence-corrected chi connectivity index (χ4v) is 2.98. The highest BCUT2D eigenvalue weighted by Crippen LogP contribution is 2.42. The van der Waals surface area contributed by atoms with Gasteiger partial charge in [0.25, 0.3) is 0 Å². The molecule has 2 rings (SSSR count). The molecule has 0 radical (unpaired) electrons. The Bertz CT molecular complexity index is 207. The van der Waals surface area contributed by atoms with Gasteiger partial charge in [-0.15, -0.1) is 0 Å². The fourth-order valence-electron chi connectivity index (χ4n) is 2.98. The van der Waals surface area contributed by atoms with Gasteiger partial charge in [0, 0.05) is 12.3 Å². The predicted molar refractivity (Wildman–Crippen MR) is 61.9 cm³/mol. The van der Waals surface area contributed by atoms with Gasteiger partial charge >= 0.3 is 0 Å². The SMILES string of the molecule is CCCCCCN=C1CC2CCC1C2. The first-order chi connectivity index (χ1) is 6.90. The quantitative estimate of drug-likeness (QED) is 0.588. The Hall–Kier alpha value is -0.330. The van der Waals surface area contributed by atoms with Gasteiger partial charge in [-0.1, -0.05) is 26.2 Å². The second kappa shape index (κ2) is 4.95. The van der Waals surface area contributed by atoms with Crippen molar-refractivity contribution in [3.8, 4) is 0 Å². The van der Waals surface area contributed by atoms with Crippen molar-refractivity contribution in [1.29, 1.82) is 0 Å². The van der Waals surface area contributed by atoms with Crippen LogP contribution in [0, 0.1) is 11.8 Å². The Kier molecular flexibility index (Phi) is 3.61. The number of hydrogen-bond acceptors (Lipinski definition) is 1. The maximum atomic E-state index is 4.79. The van der Waals surface area contributed by atoms with Gasteiger partial charge in [-0.3, -0.25) is 4.99 Å². The molecular weight excluding hydrogens is 170 g/mol. The Morgan fingerprint density at radius 3 is 2.79 bits per heavy atom. The molecule has 2 aliphatic rings. The molecule has 0 heterocycles. The van der Waals surface area contributed by atoms with Crippen LogP contribution in [0.25, 0.3) is 0 Å². The van der Waals surface area contributed by atoms with Crippen LogP contribution in [0.1, 0.15) is 58.3 Å². The molecule has 0 aliphatic heterocycles. The molecule has 0 saturated heterocycles. The Morgan fingerprint density at radius 1 is 1.21 bits per heavy atom. The van der Waals surface area contributed by atoms with E-state index in [1.165, 1.54) is 51.4 Å². The highest BCUT2D eigenvalue weighted by Gasteiger charge is 2.36. The molecule has 2 aliphatic carbocycles. The Balaban J connectivity index is 1.66. The van der Waals surface area contributed by atoms with Gasteiger partial charge in [0.2, 0.25) is 0 Å². The molecule has 2 atom stereocenters. The zero-order valence-corrected chi connectivity index (χ0v) is 9.47. The van der Waals surface area contributed by atoms with Crippen LogP contribution in [-0.2, 0) is 0 Å². The molecule has 2 unspecified atom stereocenters. The summed E-state index contributed by atoms with van der Waals surface area (Å²) in [6.07, 6.45) is 11.2. The molecule has 0 aromatic heterocycles. The smallest absolute Gasteiger partial charge is 0.0388 e. The minimum absolute atomic E-state index is 0.908. The minimum atomic E-state index is 0.908. The number of aliphatic imine (C=N–C) groups is 1. The summed E-state index contributed by atoms with van der Waals surface area (Å²) < 4.78 is 0. The maximum Gasteiger partial charge on any atom is 0.0388 e. The van der Waals surface area contributed by atoms with E-state index >= 15 is 0 Å². The van der Waals surface area contributed by atoms with Gasteiger partial charge in [-0.05, 0) is 43.9 Å². The second-order valence-corrected chi connectivity index (χ2v) is 5.01. The first-order valence-electron chi connectivity index (χ1n) is 6.43. The van der Waals surface area contributed by atoms with E-state index in [0.29, 0.717) is 0 Å². The molecule has 0 amide bonds. The topological polar surface area (TPSA) is 12.4 Å². The average Bonchev–Trinajstić information content (AvgIpc) is 2.79. The zero-order valence-electron chi connectivity index (χ0n) is 9.47. The molecule has 1 heteroatoms. The number of nitrogens with zero attached hydrogens (tertiary/aromatic N) is 1. The van der Waals surface area contributed by atoms with Crippen LogP contribution < -0.4 is 0 Å². The van der Waals surface area contributed by atoms with Crippen molar-refractivity contribution in [2.45, 2.75) is 58.3 Å². The van der Waals surface area contributed by atoms with Crippen LogP contribution >= 0.6 is 0 Å². The van der Waals surface area contributed by atoms with Gasteiger partial charge in [0.1, 0.15) is 0 Å². The van der Waals surface area contributed by atoms with E-state index in [2.05, 4.69) is 6.92 Å². The van der Waals surface area contributed by atoms with Crippen molar-refractivity contribution in [1.82, 2.24) is 0 Å². The lowest BCUT2D eigenvalue weighted by Gasteiger charge is -2.11. The third kappa shape index (κ3) is 2.37. The predicted octanol–water partition coefficient (Wildman–Crippen LogP) is 3.83. The molecule has 0 N–H and O–H groups in total. The molecule has 2 fully saturated rings. The van der Waals surface area contributed by atoms with Crippen molar-refractivity contribution in [2.24, 2.45) is 16.8 Å². The lowest BCUT2D eigenvalue weighted by Crippen LogP contribution is -2.09. The first-order valence-corrected chi connectivity index (χ1v) is 6.43. The molecule has 0 aromatic rings. The summed E-state index contributed by atoms with van der Waals surface area (Å²) in [4.78, 5) is 4.79. The fraction of sp³-hybridized carbons (Fsp3) is 0.923. The van der Waals surface area contributed by atoms with E-state index in [-0.39, 0.29) is 0 Å². The van der Waals surface area contributed by atoms with E-state index in [4.69, 9.17) is 4.99 Å². The molecule has 14 heavy (non-hydrogen) atoms. The standard InChI is InChI=1S/C13H23N/c1-2-3-4-5-8-14-13-10-11-6-7-12(13)9-11/h11-12H,2-10H2,1H3. The van der Waals surface area contributed by atoms with Crippen LogP contribution in [-0.4, -0.2) is 12.3 Å². The molecule has 0 aromatic carbocycles. The molecule has 2 bridgehead atoms. The first kappa shape index (κ1) is 10.2. The van der Waals surface area contributed by atoms with E-state index < -0.39 is 0 Å². The van der Waals surface area contributed by atoms with Crippen molar-refractivity contribution in [2.75, 3.05) is 6.54 Å². The minimum Gasteiger partial charge on any atom is -0.294 e. The highest BCUT2D eigenvalue weighted by molar-refractivity contribution is 5.89. The van der Waals surface area contributed by atoms with E-state index in [1.54, 1.807) is 5.71 Å². The summed E-state index contributed by atoms with van der Waals surface area (Å²) in [6.45, 7) is 3.38. The van der Waals surface area contributed by atoms with Crippen LogP contribution in [0.3, 0.4) is 0 Å².